The van der Waals surface area contributed by atoms with Crippen molar-refractivity contribution in [1.29, 1.82) is 0 Å². The van der Waals surface area contributed by atoms with Crippen molar-refractivity contribution in [3.05, 3.63) is 24.0 Å². The van der Waals surface area contributed by atoms with Crippen molar-refractivity contribution in [2.24, 2.45) is 0 Å². The Labute approximate surface area is 75.3 Å². The molecule has 2 N–H and O–H groups in total. The average Bonchev–Trinajstić information content (AvgIpc) is 2.15. The van der Waals surface area contributed by atoms with Crippen LogP contribution in [0.15, 0.2) is 18.5 Å². The normalized spacial score (nSPS) is 9.62. The molecule has 1 aromatic rings. The molecule has 0 bridgehead atoms. The van der Waals surface area contributed by atoms with E-state index in [0.29, 0.717) is 6.61 Å². The summed E-state index contributed by atoms with van der Waals surface area (Å²) in [4.78, 5) is 19.5. The predicted octanol–water partition coefficient (Wildman–Crippen LogP) is 0.469. The number of aromatic hydroxyl groups is 1. The Balaban J connectivity index is 2.71. The molecule has 0 aliphatic rings. The molecule has 1 heterocycles. The van der Waals surface area contributed by atoms with Gasteiger partial charge in [-0.1, -0.05) is 0 Å². The van der Waals surface area contributed by atoms with E-state index in [1.54, 1.807) is 6.92 Å². The Morgan fingerprint density at radius 2 is 2.54 bits per heavy atom. The van der Waals surface area contributed by atoms with Crippen molar-refractivity contribution in [1.82, 2.24) is 10.5 Å². The highest BCUT2D eigenvalue weighted by Gasteiger charge is 2.09. The van der Waals surface area contributed by atoms with Gasteiger partial charge >= 0.3 is 0 Å². The van der Waals surface area contributed by atoms with E-state index in [-0.39, 0.29) is 11.3 Å². The summed E-state index contributed by atoms with van der Waals surface area (Å²) in [5.41, 5.74) is 2.30. The van der Waals surface area contributed by atoms with Gasteiger partial charge in [-0.3, -0.25) is 14.6 Å². The minimum atomic E-state index is -0.484. The van der Waals surface area contributed by atoms with Crippen LogP contribution < -0.4 is 5.48 Å². The summed E-state index contributed by atoms with van der Waals surface area (Å²) >= 11 is 0. The van der Waals surface area contributed by atoms with E-state index in [9.17, 15) is 9.90 Å². The van der Waals surface area contributed by atoms with E-state index < -0.39 is 5.91 Å². The molecule has 0 atom stereocenters. The molecule has 0 aliphatic carbocycles. The number of carbonyl (C=O) groups is 1. The van der Waals surface area contributed by atoms with Crippen LogP contribution in [0.5, 0.6) is 5.75 Å². The molecule has 0 unspecified atom stereocenters. The first kappa shape index (κ1) is 9.47. The molecule has 1 aromatic heterocycles. The molecule has 0 fully saturated rings. The molecule has 0 aromatic carbocycles. The van der Waals surface area contributed by atoms with Gasteiger partial charge in [0, 0.05) is 6.20 Å². The zero-order chi connectivity index (χ0) is 9.68. The first-order chi connectivity index (χ1) is 6.25. The smallest absolute Gasteiger partial charge is 0.278 e. The maximum absolute atomic E-state index is 11.2. The SMILES string of the molecule is CCONC(=O)c1ccncc1O. The van der Waals surface area contributed by atoms with Crippen LogP contribution in [-0.4, -0.2) is 22.6 Å². The molecule has 70 valence electrons. The molecule has 5 heteroatoms. The summed E-state index contributed by atoms with van der Waals surface area (Å²) in [5.74, 6) is -0.651. The zero-order valence-electron chi connectivity index (χ0n) is 7.15. The fourth-order valence-electron chi connectivity index (χ4n) is 0.771. The number of pyridine rings is 1. The van der Waals surface area contributed by atoms with Gasteiger partial charge < -0.3 is 5.11 Å². The Hall–Kier alpha value is -1.62. The monoisotopic (exact) mass is 182 g/mol. The first-order valence-electron chi connectivity index (χ1n) is 3.80. The van der Waals surface area contributed by atoms with Gasteiger partial charge in [-0.25, -0.2) is 5.48 Å². The average molecular weight is 182 g/mol. The third-order valence-electron chi connectivity index (χ3n) is 1.35. The second-order valence-electron chi connectivity index (χ2n) is 2.26. The number of rotatable bonds is 3. The number of nitrogens with one attached hydrogen (secondary N) is 1. The van der Waals surface area contributed by atoms with Crippen LogP contribution in [-0.2, 0) is 4.84 Å². The van der Waals surface area contributed by atoms with E-state index in [2.05, 4.69) is 15.3 Å². The number of nitrogens with zero attached hydrogens (tertiary/aromatic N) is 1. The fraction of sp³-hybridized carbons (Fsp3) is 0.250. The van der Waals surface area contributed by atoms with Gasteiger partial charge in [0.05, 0.1) is 18.4 Å². The minimum Gasteiger partial charge on any atom is -0.505 e. The zero-order valence-corrected chi connectivity index (χ0v) is 7.15. The van der Waals surface area contributed by atoms with Crippen molar-refractivity contribution < 1.29 is 14.7 Å². The van der Waals surface area contributed by atoms with Gasteiger partial charge in [0.15, 0.2) is 0 Å². The lowest BCUT2D eigenvalue weighted by Crippen LogP contribution is -2.23. The molecule has 13 heavy (non-hydrogen) atoms. The Kier molecular flexibility index (Phi) is 3.22. The largest absolute Gasteiger partial charge is 0.505 e. The summed E-state index contributed by atoms with van der Waals surface area (Å²) in [6.07, 6.45) is 2.61. The van der Waals surface area contributed by atoms with Crippen LogP contribution in [0, 0.1) is 0 Å². The van der Waals surface area contributed by atoms with Crippen LogP contribution >= 0.6 is 0 Å². The second-order valence-corrected chi connectivity index (χ2v) is 2.26. The molecule has 0 saturated heterocycles. The highest BCUT2D eigenvalue weighted by Crippen LogP contribution is 2.12. The lowest BCUT2D eigenvalue weighted by molar-refractivity contribution is 0.0362. The molecular weight excluding hydrogens is 172 g/mol. The first-order valence-corrected chi connectivity index (χ1v) is 3.80. The fourth-order valence-corrected chi connectivity index (χ4v) is 0.771. The van der Waals surface area contributed by atoms with Gasteiger partial charge in [0.25, 0.3) is 5.91 Å². The molecule has 5 nitrogen and oxygen atoms in total. The number of hydrogen-bond acceptors (Lipinski definition) is 4. The summed E-state index contributed by atoms with van der Waals surface area (Å²) < 4.78 is 0. The molecule has 0 aliphatic heterocycles. The highest BCUT2D eigenvalue weighted by atomic mass is 16.6. The molecule has 1 rings (SSSR count). The molecule has 0 saturated carbocycles. The topological polar surface area (TPSA) is 71.5 Å². The molecule has 0 radical (unpaired) electrons. The summed E-state index contributed by atoms with van der Waals surface area (Å²) in [5, 5.41) is 9.20. The van der Waals surface area contributed by atoms with E-state index in [1.807, 2.05) is 0 Å². The number of aromatic nitrogens is 1. The van der Waals surface area contributed by atoms with Crippen LogP contribution in [0.4, 0.5) is 0 Å². The Bertz CT molecular complexity index is 301. The summed E-state index contributed by atoms with van der Waals surface area (Å²) in [7, 11) is 0. The van der Waals surface area contributed by atoms with Crippen LogP contribution in [0.25, 0.3) is 0 Å². The number of amides is 1. The second kappa shape index (κ2) is 4.42. The Morgan fingerprint density at radius 3 is 3.15 bits per heavy atom. The van der Waals surface area contributed by atoms with Crippen LogP contribution in [0.2, 0.25) is 0 Å². The molecule has 0 spiro atoms. The van der Waals surface area contributed by atoms with Crippen molar-refractivity contribution >= 4 is 5.91 Å². The standard InChI is InChI=1S/C8H10N2O3/c1-2-13-10-8(12)6-3-4-9-5-7(6)11/h3-5,11H,2H2,1H3,(H,10,12). The predicted molar refractivity (Wildman–Crippen MR) is 45.0 cm³/mol. The van der Waals surface area contributed by atoms with E-state index in [4.69, 9.17) is 0 Å². The van der Waals surface area contributed by atoms with Crippen molar-refractivity contribution in [2.75, 3.05) is 6.61 Å². The summed E-state index contributed by atoms with van der Waals surface area (Å²) in [6, 6.07) is 1.41. The van der Waals surface area contributed by atoms with Gasteiger partial charge in [0.1, 0.15) is 5.75 Å². The highest BCUT2D eigenvalue weighted by molar-refractivity contribution is 5.95. The van der Waals surface area contributed by atoms with Gasteiger partial charge in [0.2, 0.25) is 0 Å². The van der Waals surface area contributed by atoms with Gasteiger partial charge in [-0.05, 0) is 13.0 Å². The third kappa shape index (κ3) is 2.41. The number of hydroxylamine groups is 1. The minimum absolute atomic E-state index is 0.142. The van der Waals surface area contributed by atoms with Gasteiger partial charge in [-0.15, -0.1) is 0 Å². The van der Waals surface area contributed by atoms with E-state index in [0.717, 1.165) is 0 Å². The van der Waals surface area contributed by atoms with Crippen LogP contribution in [0.1, 0.15) is 17.3 Å². The van der Waals surface area contributed by atoms with Crippen molar-refractivity contribution in [3.8, 4) is 5.75 Å². The maximum Gasteiger partial charge on any atom is 0.278 e. The lowest BCUT2D eigenvalue weighted by Gasteiger charge is -2.04. The van der Waals surface area contributed by atoms with E-state index in [1.165, 1.54) is 18.5 Å². The third-order valence-corrected chi connectivity index (χ3v) is 1.35. The van der Waals surface area contributed by atoms with Gasteiger partial charge in [-0.2, -0.15) is 0 Å². The number of carbonyl (C=O) groups excluding carboxylic acids is 1. The lowest BCUT2D eigenvalue weighted by atomic mass is 10.2. The quantitative estimate of drug-likeness (QED) is 0.666. The number of hydrogen-bond donors (Lipinski definition) is 2. The van der Waals surface area contributed by atoms with Crippen molar-refractivity contribution in [3.63, 3.8) is 0 Å². The van der Waals surface area contributed by atoms with E-state index >= 15 is 0 Å². The molecule has 1 amide bonds. The molecular formula is C8H10N2O3. The summed E-state index contributed by atoms with van der Waals surface area (Å²) in [6.45, 7) is 2.12. The van der Waals surface area contributed by atoms with Crippen molar-refractivity contribution in [2.45, 2.75) is 6.92 Å². The van der Waals surface area contributed by atoms with Crippen LogP contribution in [0.3, 0.4) is 0 Å². The Morgan fingerprint density at radius 1 is 1.77 bits per heavy atom. The maximum atomic E-state index is 11.2.